The molecule has 0 aliphatic heterocycles. The number of hydrogen-bond donors (Lipinski definition) is 3. The Kier molecular flexibility index (Phi) is 4.89. The van der Waals surface area contributed by atoms with Crippen molar-refractivity contribution in [3.63, 3.8) is 0 Å². The number of fused-ring (bicyclic) bond motifs is 2. The van der Waals surface area contributed by atoms with Gasteiger partial charge in [-0.1, -0.05) is 18.2 Å². The molecule has 30 heavy (non-hydrogen) atoms. The second-order valence-corrected chi connectivity index (χ2v) is 7.98. The molecule has 2 aromatic carbocycles. The van der Waals surface area contributed by atoms with Gasteiger partial charge < -0.3 is 20.3 Å². The van der Waals surface area contributed by atoms with E-state index in [0.29, 0.717) is 0 Å². The van der Waals surface area contributed by atoms with Gasteiger partial charge in [-0.3, -0.25) is 4.98 Å². The fourth-order valence-electron chi connectivity index (χ4n) is 4.30. The number of nitrogens with zero attached hydrogens (tertiary/aromatic N) is 2. The van der Waals surface area contributed by atoms with Crippen LogP contribution in [0.4, 0.5) is 17.1 Å². The second kappa shape index (κ2) is 7.84. The molecule has 0 amide bonds. The molecule has 0 fully saturated rings. The summed E-state index contributed by atoms with van der Waals surface area (Å²) in [6.07, 6.45) is 6.06. The Morgan fingerprint density at radius 1 is 1.13 bits per heavy atom. The molecule has 0 radical (unpaired) electrons. The smallest absolute Gasteiger partial charge is 0.0966 e. The number of para-hydroxylation sites is 1. The molecule has 2 aromatic heterocycles. The highest BCUT2D eigenvalue weighted by Gasteiger charge is 2.24. The Balaban J connectivity index is 1.25. The lowest BCUT2D eigenvalue weighted by Gasteiger charge is -2.20. The molecule has 5 nitrogen and oxygen atoms in total. The molecular weight excluding hydrogens is 372 g/mol. The molecule has 1 unspecified atom stereocenters. The summed E-state index contributed by atoms with van der Waals surface area (Å²) in [5, 5.41) is 14.8. The number of anilines is 3. The third-order valence-electron chi connectivity index (χ3n) is 6.05. The van der Waals surface area contributed by atoms with Crippen molar-refractivity contribution in [2.75, 3.05) is 23.8 Å². The monoisotopic (exact) mass is 398 g/mol. The van der Waals surface area contributed by atoms with Crippen LogP contribution < -0.4 is 10.2 Å². The van der Waals surface area contributed by atoms with Crippen LogP contribution in [0.3, 0.4) is 0 Å². The molecule has 1 aliphatic rings. The molecule has 0 spiro atoms. The third kappa shape index (κ3) is 3.53. The number of likely N-dealkylation sites (N-methyl/N-ethyl adjacent to an activating group) is 1. The fraction of sp³-hybridized carbons (Fsp3) is 0.240. The van der Waals surface area contributed by atoms with Crippen LogP contribution in [-0.4, -0.2) is 28.7 Å². The summed E-state index contributed by atoms with van der Waals surface area (Å²) in [4.78, 5) is 9.98. The van der Waals surface area contributed by atoms with Gasteiger partial charge in [0.1, 0.15) is 0 Å². The first-order valence-electron chi connectivity index (χ1n) is 10.5. The predicted molar refractivity (Wildman–Crippen MR) is 123 cm³/mol. The van der Waals surface area contributed by atoms with Gasteiger partial charge in [0.2, 0.25) is 0 Å². The van der Waals surface area contributed by atoms with E-state index in [1.807, 2.05) is 6.07 Å². The van der Waals surface area contributed by atoms with Crippen molar-refractivity contribution in [3.05, 3.63) is 83.8 Å². The first-order valence-corrected chi connectivity index (χ1v) is 10.5. The SMILES string of the molecule is CN(CCc1c[nH]c2ccccc12)c1ccc(Nc2ccnc3c2CCC3O)cc1. The summed E-state index contributed by atoms with van der Waals surface area (Å²) in [6, 6.07) is 18.9. The molecule has 2 heterocycles. The highest BCUT2D eigenvalue weighted by molar-refractivity contribution is 5.83. The number of aliphatic hydroxyl groups excluding tert-OH is 1. The van der Waals surface area contributed by atoms with Crippen LogP contribution in [0.5, 0.6) is 0 Å². The number of aromatic nitrogens is 2. The maximum absolute atomic E-state index is 10.0. The molecule has 1 aliphatic carbocycles. The van der Waals surface area contributed by atoms with E-state index in [9.17, 15) is 5.11 Å². The average Bonchev–Trinajstić information content (AvgIpc) is 3.37. The minimum Gasteiger partial charge on any atom is -0.387 e. The summed E-state index contributed by atoms with van der Waals surface area (Å²) in [7, 11) is 2.13. The second-order valence-electron chi connectivity index (χ2n) is 7.98. The number of benzene rings is 2. The summed E-state index contributed by atoms with van der Waals surface area (Å²) in [5.74, 6) is 0. The molecule has 0 bridgehead atoms. The first-order chi connectivity index (χ1) is 14.7. The number of aromatic amines is 1. The first kappa shape index (κ1) is 18.7. The normalized spacial score (nSPS) is 15.3. The van der Waals surface area contributed by atoms with Crippen molar-refractivity contribution in [3.8, 4) is 0 Å². The zero-order valence-corrected chi connectivity index (χ0v) is 17.1. The minimum absolute atomic E-state index is 0.435. The topological polar surface area (TPSA) is 64.2 Å². The van der Waals surface area contributed by atoms with Gasteiger partial charge in [0.05, 0.1) is 11.8 Å². The van der Waals surface area contributed by atoms with Crippen LogP contribution in [0.25, 0.3) is 10.9 Å². The zero-order chi connectivity index (χ0) is 20.5. The summed E-state index contributed by atoms with van der Waals surface area (Å²) >= 11 is 0. The van der Waals surface area contributed by atoms with E-state index in [0.717, 1.165) is 48.4 Å². The highest BCUT2D eigenvalue weighted by Crippen LogP contribution is 2.35. The van der Waals surface area contributed by atoms with Crippen LogP contribution in [0.1, 0.15) is 29.3 Å². The Bertz CT molecular complexity index is 1170. The Morgan fingerprint density at radius 2 is 1.97 bits per heavy atom. The lowest BCUT2D eigenvalue weighted by Crippen LogP contribution is -2.20. The molecule has 4 aromatic rings. The summed E-state index contributed by atoms with van der Waals surface area (Å²) < 4.78 is 0. The lowest BCUT2D eigenvalue weighted by molar-refractivity contribution is 0.176. The maximum Gasteiger partial charge on any atom is 0.0966 e. The van der Waals surface area contributed by atoms with Gasteiger partial charge in [-0.2, -0.15) is 0 Å². The number of nitrogens with one attached hydrogen (secondary N) is 2. The van der Waals surface area contributed by atoms with Gasteiger partial charge in [-0.25, -0.2) is 0 Å². The van der Waals surface area contributed by atoms with Crippen LogP contribution in [0, 0.1) is 0 Å². The van der Waals surface area contributed by atoms with Crippen molar-refractivity contribution in [2.24, 2.45) is 0 Å². The highest BCUT2D eigenvalue weighted by atomic mass is 16.3. The third-order valence-corrected chi connectivity index (χ3v) is 6.05. The van der Waals surface area contributed by atoms with E-state index in [1.54, 1.807) is 6.20 Å². The van der Waals surface area contributed by atoms with E-state index in [-0.39, 0.29) is 0 Å². The van der Waals surface area contributed by atoms with E-state index in [1.165, 1.54) is 22.2 Å². The lowest BCUT2D eigenvalue weighted by atomic mass is 10.1. The van der Waals surface area contributed by atoms with Gasteiger partial charge in [-0.05, 0) is 66.8 Å². The van der Waals surface area contributed by atoms with E-state index < -0.39 is 6.10 Å². The Labute approximate surface area is 176 Å². The van der Waals surface area contributed by atoms with Crippen LogP contribution in [0.15, 0.2) is 67.0 Å². The number of pyridine rings is 1. The van der Waals surface area contributed by atoms with Crippen LogP contribution >= 0.6 is 0 Å². The Hall–Kier alpha value is -3.31. The molecule has 152 valence electrons. The van der Waals surface area contributed by atoms with Gasteiger partial charge in [0.25, 0.3) is 0 Å². The van der Waals surface area contributed by atoms with Crippen molar-refractivity contribution < 1.29 is 5.11 Å². The van der Waals surface area contributed by atoms with E-state index in [4.69, 9.17) is 0 Å². The van der Waals surface area contributed by atoms with Gasteiger partial charge >= 0.3 is 0 Å². The minimum atomic E-state index is -0.435. The quantitative estimate of drug-likeness (QED) is 0.429. The average molecular weight is 399 g/mol. The van der Waals surface area contributed by atoms with Gasteiger partial charge in [0.15, 0.2) is 0 Å². The van der Waals surface area contributed by atoms with Crippen molar-refractivity contribution in [1.82, 2.24) is 9.97 Å². The number of H-pyrrole nitrogens is 1. The van der Waals surface area contributed by atoms with Gasteiger partial charge in [0, 0.05) is 54.0 Å². The maximum atomic E-state index is 10.0. The summed E-state index contributed by atoms with van der Waals surface area (Å²) in [5.41, 5.74) is 7.76. The van der Waals surface area contributed by atoms with E-state index >= 15 is 0 Å². The van der Waals surface area contributed by atoms with Crippen molar-refractivity contribution in [1.29, 1.82) is 0 Å². The van der Waals surface area contributed by atoms with Crippen LogP contribution in [0.2, 0.25) is 0 Å². The number of aliphatic hydroxyl groups is 1. The van der Waals surface area contributed by atoms with Gasteiger partial charge in [-0.15, -0.1) is 0 Å². The summed E-state index contributed by atoms with van der Waals surface area (Å²) in [6.45, 7) is 0.949. The van der Waals surface area contributed by atoms with Crippen molar-refractivity contribution >= 4 is 28.0 Å². The molecule has 5 rings (SSSR count). The molecule has 0 saturated heterocycles. The molecule has 5 heteroatoms. The molecule has 3 N–H and O–H groups in total. The van der Waals surface area contributed by atoms with E-state index in [2.05, 4.69) is 82.0 Å². The standard InChI is InChI=1S/C25H26N4O/c1-29(15-13-17-16-27-22-5-3-2-4-20(17)22)19-8-6-18(7-9-19)28-23-12-14-26-25-21(23)10-11-24(25)30/h2-9,12,14,16,24,27,30H,10-11,13,15H2,1H3,(H,26,28). The number of rotatable bonds is 6. The predicted octanol–water partition coefficient (Wildman–Crippen LogP) is 4.97. The van der Waals surface area contributed by atoms with Crippen LogP contribution in [-0.2, 0) is 12.8 Å². The Morgan fingerprint density at radius 3 is 2.83 bits per heavy atom. The molecule has 1 atom stereocenters. The molecule has 0 saturated carbocycles. The fourth-order valence-corrected chi connectivity index (χ4v) is 4.30. The van der Waals surface area contributed by atoms with Crippen molar-refractivity contribution in [2.45, 2.75) is 25.4 Å². The number of hydrogen-bond acceptors (Lipinski definition) is 4. The largest absolute Gasteiger partial charge is 0.387 e. The zero-order valence-electron chi connectivity index (χ0n) is 17.1. The molecular formula is C25H26N4O.